The summed E-state index contributed by atoms with van der Waals surface area (Å²) in [6, 6.07) is 17.9. The molecule has 0 saturated heterocycles. The van der Waals surface area contributed by atoms with E-state index in [9.17, 15) is 4.79 Å². The van der Waals surface area contributed by atoms with Crippen LogP contribution >= 0.6 is 0 Å². The van der Waals surface area contributed by atoms with Gasteiger partial charge in [0.25, 0.3) is 0 Å². The number of nitrogen functional groups attached to an aromatic ring is 1. The minimum Gasteiger partial charge on any atom is -0.399 e. The molecule has 0 unspecified atom stereocenters. The van der Waals surface area contributed by atoms with E-state index in [1.165, 1.54) is 5.56 Å². The predicted molar refractivity (Wildman–Crippen MR) is 96.3 cm³/mol. The van der Waals surface area contributed by atoms with Gasteiger partial charge in [-0.1, -0.05) is 56.3 Å². The van der Waals surface area contributed by atoms with Gasteiger partial charge >= 0.3 is 0 Å². The number of carbonyl (C=O) groups excluding carboxylic acids is 1. The van der Waals surface area contributed by atoms with Crippen molar-refractivity contribution in [1.82, 2.24) is 5.32 Å². The maximum absolute atomic E-state index is 12.8. The number of hydrogen-bond acceptors (Lipinski definition) is 2. The summed E-state index contributed by atoms with van der Waals surface area (Å²) in [6.45, 7) is 4.80. The number of nitrogens with two attached hydrogens (primary N) is 1. The number of benzene rings is 2. The van der Waals surface area contributed by atoms with E-state index in [1.807, 2.05) is 54.6 Å². The fourth-order valence-electron chi connectivity index (χ4n) is 3.04. The monoisotopic (exact) mass is 310 g/mol. The summed E-state index contributed by atoms with van der Waals surface area (Å²) in [4.78, 5) is 12.8. The summed E-state index contributed by atoms with van der Waals surface area (Å²) >= 11 is 0. The lowest BCUT2D eigenvalue weighted by Gasteiger charge is -2.31. The lowest BCUT2D eigenvalue weighted by atomic mass is 9.75. The molecule has 0 aliphatic carbocycles. The molecule has 2 aromatic carbocycles. The van der Waals surface area contributed by atoms with Crippen molar-refractivity contribution in [3.05, 3.63) is 65.7 Å². The van der Waals surface area contributed by atoms with Crippen LogP contribution in [-0.2, 0) is 16.6 Å². The van der Waals surface area contributed by atoms with Crippen LogP contribution in [0.4, 0.5) is 5.69 Å². The van der Waals surface area contributed by atoms with E-state index in [4.69, 9.17) is 5.73 Å². The first kappa shape index (κ1) is 17.1. The molecular weight excluding hydrogens is 284 g/mol. The van der Waals surface area contributed by atoms with Crippen LogP contribution in [0.2, 0.25) is 0 Å². The van der Waals surface area contributed by atoms with Gasteiger partial charge in [0.2, 0.25) is 5.91 Å². The van der Waals surface area contributed by atoms with Gasteiger partial charge in [-0.2, -0.15) is 0 Å². The molecule has 0 aromatic heterocycles. The fraction of sp³-hybridized carbons (Fsp3) is 0.350. The summed E-state index contributed by atoms with van der Waals surface area (Å²) in [5.41, 5.74) is 8.28. The second-order valence-corrected chi connectivity index (χ2v) is 5.90. The first-order valence-electron chi connectivity index (χ1n) is 8.30. The Morgan fingerprint density at radius 2 is 1.61 bits per heavy atom. The second kappa shape index (κ2) is 7.82. The quantitative estimate of drug-likeness (QED) is 0.766. The molecular formula is C20H26N2O. The Kier molecular flexibility index (Phi) is 5.80. The molecule has 0 aliphatic rings. The molecule has 122 valence electrons. The highest BCUT2D eigenvalue weighted by atomic mass is 16.2. The minimum absolute atomic E-state index is 0.115. The highest BCUT2D eigenvalue weighted by molar-refractivity contribution is 5.88. The average Bonchev–Trinajstić information content (AvgIpc) is 2.59. The highest BCUT2D eigenvalue weighted by Gasteiger charge is 2.36. The van der Waals surface area contributed by atoms with Gasteiger partial charge in [0.15, 0.2) is 0 Å². The standard InChI is InChI=1S/C20H26N2O/c1-3-20(4-2,17-8-6-5-7-9-17)19(23)22-15-14-16-10-12-18(21)13-11-16/h5-13H,3-4,14-15,21H2,1-2H3,(H,22,23). The Labute approximate surface area is 138 Å². The Morgan fingerprint density at radius 3 is 2.17 bits per heavy atom. The van der Waals surface area contributed by atoms with E-state index in [0.29, 0.717) is 6.54 Å². The molecule has 0 saturated carbocycles. The molecule has 2 rings (SSSR count). The predicted octanol–water partition coefficient (Wildman–Crippen LogP) is 3.69. The zero-order valence-electron chi connectivity index (χ0n) is 14.0. The SMILES string of the molecule is CCC(CC)(C(=O)NCCc1ccc(N)cc1)c1ccccc1. The number of carbonyl (C=O) groups is 1. The summed E-state index contributed by atoms with van der Waals surface area (Å²) in [5.74, 6) is 0.115. The molecule has 3 heteroatoms. The van der Waals surface area contributed by atoms with Crippen molar-refractivity contribution in [3.63, 3.8) is 0 Å². The van der Waals surface area contributed by atoms with Gasteiger partial charge in [-0.25, -0.2) is 0 Å². The van der Waals surface area contributed by atoms with E-state index >= 15 is 0 Å². The molecule has 1 amide bonds. The van der Waals surface area contributed by atoms with Crippen molar-refractivity contribution < 1.29 is 4.79 Å². The molecule has 0 heterocycles. The smallest absolute Gasteiger partial charge is 0.230 e. The zero-order chi connectivity index (χ0) is 16.7. The Morgan fingerprint density at radius 1 is 1.00 bits per heavy atom. The van der Waals surface area contributed by atoms with Crippen LogP contribution in [0, 0.1) is 0 Å². The Balaban J connectivity index is 2.03. The summed E-state index contributed by atoms with van der Waals surface area (Å²) in [6.07, 6.45) is 2.40. The van der Waals surface area contributed by atoms with E-state index in [1.54, 1.807) is 0 Å². The summed E-state index contributed by atoms with van der Waals surface area (Å²) < 4.78 is 0. The van der Waals surface area contributed by atoms with Crippen LogP contribution in [0.5, 0.6) is 0 Å². The van der Waals surface area contributed by atoms with E-state index in [-0.39, 0.29) is 5.91 Å². The van der Waals surface area contributed by atoms with Gasteiger partial charge in [-0.3, -0.25) is 4.79 Å². The van der Waals surface area contributed by atoms with Crippen molar-refractivity contribution in [2.75, 3.05) is 12.3 Å². The van der Waals surface area contributed by atoms with E-state index < -0.39 is 5.41 Å². The van der Waals surface area contributed by atoms with E-state index in [0.717, 1.165) is 30.5 Å². The van der Waals surface area contributed by atoms with Gasteiger partial charge < -0.3 is 11.1 Å². The average molecular weight is 310 g/mol. The fourth-order valence-corrected chi connectivity index (χ4v) is 3.04. The number of amides is 1. The topological polar surface area (TPSA) is 55.1 Å². The first-order valence-corrected chi connectivity index (χ1v) is 8.30. The van der Waals surface area contributed by atoms with Crippen LogP contribution < -0.4 is 11.1 Å². The third-order valence-electron chi connectivity index (χ3n) is 4.65. The van der Waals surface area contributed by atoms with Crippen molar-refractivity contribution in [1.29, 1.82) is 0 Å². The van der Waals surface area contributed by atoms with Gasteiger partial charge in [0, 0.05) is 12.2 Å². The highest BCUT2D eigenvalue weighted by Crippen LogP contribution is 2.31. The van der Waals surface area contributed by atoms with Crippen molar-refractivity contribution in [3.8, 4) is 0 Å². The summed E-state index contributed by atoms with van der Waals surface area (Å²) in [5, 5.41) is 3.12. The van der Waals surface area contributed by atoms with Crippen LogP contribution in [0.15, 0.2) is 54.6 Å². The van der Waals surface area contributed by atoms with E-state index in [2.05, 4.69) is 19.2 Å². The number of anilines is 1. The third kappa shape index (κ3) is 3.92. The molecule has 23 heavy (non-hydrogen) atoms. The maximum Gasteiger partial charge on any atom is 0.230 e. The van der Waals surface area contributed by atoms with Crippen molar-refractivity contribution in [2.45, 2.75) is 38.5 Å². The maximum atomic E-state index is 12.8. The molecule has 0 atom stereocenters. The minimum atomic E-state index is -0.442. The molecule has 0 radical (unpaired) electrons. The molecule has 0 spiro atoms. The molecule has 0 bridgehead atoms. The summed E-state index contributed by atoms with van der Waals surface area (Å²) in [7, 11) is 0. The lowest BCUT2D eigenvalue weighted by molar-refractivity contribution is -0.127. The van der Waals surface area contributed by atoms with Gasteiger partial charge in [0.1, 0.15) is 0 Å². The van der Waals surface area contributed by atoms with Crippen molar-refractivity contribution in [2.24, 2.45) is 0 Å². The normalized spacial score (nSPS) is 11.2. The first-order chi connectivity index (χ1) is 11.1. The largest absolute Gasteiger partial charge is 0.399 e. The third-order valence-corrected chi connectivity index (χ3v) is 4.65. The molecule has 2 aromatic rings. The number of hydrogen-bond donors (Lipinski definition) is 2. The zero-order valence-corrected chi connectivity index (χ0v) is 14.0. The van der Waals surface area contributed by atoms with Crippen LogP contribution in [0.3, 0.4) is 0 Å². The Hall–Kier alpha value is -2.29. The van der Waals surface area contributed by atoms with Crippen LogP contribution in [0.1, 0.15) is 37.8 Å². The van der Waals surface area contributed by atoms with Gasteiger partial charge in [0.05, 0.1) is 5.41 Å². The lowest BCUT2D eigenvalue weighted by Crippen LogP contribution is -2.44. The second-order valence-electron chi connectivity index (χ2n) is 5.90. The van der Waals surface area contributed by atoms with Crippen LogP contribution in [-0.4, -0.2) is 12.5 Å². The number of rotatable bonds is 7. The Bertz CT molecular complexity index is 616. The molecule has 0 fully saturated rings. The van der Waals surface area contributed by atoms with Crippen LogP contribution in [0.25, 0.3) is 0 Å². The molecule has 0 aliphatic heterocycles. The van der Waals surface area contributed by atoms with Crippen molar-refractivity contribution >= 4 is 11.6 Å². The molecule has 3 N–H and O–H groups in total. The number of nitrogens with one attached hydrogen (secondary N) is 1. The van der Waals surface area contributed by atoms with Gasteiger partial charge in [-0.05, 0) is 42.5 Å². The van der Waals surface area contributed by atoms with Gasteiger partial charge in [-0.15, -0.1) is 0 Å². The molecule has 3 nitrogen and oxygen atoms in total.